The Hall–Kier alpha value is -1.53. The summed E-state index contributed by atoms with van der Waals surface area (Å²) in [6.45, 7) is 1.55. The Morgan fingerprint density at radius 1 is 1.05 bits per heavy atom. The van der Waals surface area contributed by atoms with E-state index in [2.05, 4.69) is 11.4 Å². The summed E-state index contributed by atoms with van der Waals surface area (Å²) in [5.74, 6) is 0. The summed E-state index contributed by atoms with van der Waals surface area (Å²) in [7, 11) is 0. The monoisotopic (exact) mass is 304 g/mol. The van der Waals surface area contributed by atoms with Crippen LogP contribution in [-0.4, -0.2) is 6.54 Å². The zero-order valence-electron chi connectivity index (χ0n) is 10.9. The number of nitrogens with one attached hydrogen (secondary N) is 1. The molecule has 2 aromatic rings. The second-order valence-electron chi connectivity index (χ2n) is 4.47. The maximum Gasteiger partial charge on any atom is 0.0992 e. The zero-order chi connectivity index (χ0) is 14.4. The molecule has 2 aromatic carbocycles. The van der Waals surface area contributed by atoms with Gasteiger partial charge in [-0.1, -0.05) is 41.4 Å². The second-order valence-corrected chi connectivity index (χ2v) is 5.31. The normalized spacial score (nSPS) is 10.2. The predicted molar refractivity (Wildman–Crippen MR) is 83.0 cm³/mol. The third-order valence-electron chi connectivity index (χ3n) is 3.00. The van der Waals surface area contributed by atoms with Gasteiger partial charge in [-0.2, -0.15) is 5.26 Å². The molecule has 0 amide bonds. The molecule has 4 heteroatoms. The molecule has 0 atom stereocenters. The van der Waals surface area contributed by atoms with Crippen molar-refractivity contribution in [1.29, 1.82) is 5.26 Å². The summed E-state index contributed by atoms with van der Waals surface area (Å²) in [5, 5.41) is 13.5. The number of nitriles is 1. The molecule has 0 radical (unpaired) electrons. The predicted octanol–water partition coefficient (Wildman–Crippen LogP) is 4.20. The van der Waals surface area contributed by atoms with E-state index in [1.54, 1.807) is 12.1 Å². The molecule has 102 valence electrons. The van der Waals surface area contributed by atoms with Gasteiger partial charge >= 0.3 is 0 Å². The topological polar surface area (TPSA) is 35.8 Å². The van der Waals surface area contributed by atoms with Crippen LogP contribution in [0.2, 0.25) is 10.0 Å². The van der Waals surface area contributed by atoms with E-state index in [1.807, 2.05) is 30.3 Å². The Kier molecular flexibility index (Phi) is 5.43. The average Bonchev–Trinajstić information content (AvgIpc) is 2.46. The Labute approximate surface area is 128 Å². The van der Waals surface area contributed by atoms with Crippen LogP contribution < -0.4 is 5.32 Å². The average molecular weight is 305 g/mol. The molecule has 0 unspecified atom stereocenters. The molecule has 0 aromatic heterocycles. The Morgan fingerprint density at radius 3 is 2.45 bits per heavy atom. The Morgan fingerprint density at radius 2 is 1.80 bits per heavy atom. The fraction of sp³-hybridized carbons (Fsp3) is 0.188. The third-order valence-corrected chi connectivity index (χ3v) is 3.61. The van der Waals surface area contributed by atoms with Crippen molar-refractivity contribution < 1.29 is 0 Å². The van der Waals surface area contributed by atoms with Crippen LogP contribution in [0.15, 0.2) is 42.5 Å². The molecule has 0 aliphatic heterocycles. The molecule has 2 rings (SSSR count). The van der Waals surface area contributed by atoms with Gasteiger partial charge in [0.05, 0.1) is 11.6 Å². The standard InChI is InChI=1S/C16H14Cl2N2/c17-15-5-2-12(3-6-15)7-8-20-11-14-4-1-13(10-19)9-16(14)18/h1-6,9,20H,7-8,11H2. The molecule has 0 spiro atoms. The fourth-order valence-electron chi connectivity index (χ4n) is 1.87. The summed E-state index contributed by atoms with van der Waals surface area (Å²) in [4.78, 5) is 0. The van der Waals surface area contributed by atoms with Crippen LogP contribution >= 0.6 is 23.2 Å². The fourth-order valence-corrected chi connectivity index (χ4v) is 2.24. The van der Waals surface area contributed by atoms with Crippen molar-refractivity contribution >= 4 is 23.2 Å². The maximum atomic E-state index is 8.78. The van der Waals surface area contributed by atoms with Crippen molar-refractivity contribution in [3.63, 3.8) is 0 Å². The first-order valence-corrected chi connectivity index (χ1v) is 7.08. The Balaban J connectivity index is 1.81. The first kappa shape index (κ1) is 14.9. The molecule has 0 saturated heterocycles. The highest BCUT2D eigenvalue weighted by Crippen LogP contribution is 2.17. The molecule has 0 heterocycles. The lowest BCUT2D eigenvalue weighted by Crippen LogP contribution is -2.16. The van der Waals surface area contributed by atoms with Crippen LogP contribution in [0.4, 0.5) is 0 Å². The minimum absolute atomic E-state index is 0.583. The van der Waals surface area contributed by atoms with Crippen LogP contribution in [0.25, 0.3) is 0 Å². The summed E-state index contributed by atoms with van der Waals surface area (Å²) in [6.07, 6.45) is 0.936. The smallest absolute Gasteiger partial charge is 0.0992 e. The van der Waals surface area contributed by atoms with E-state index in [4.69, 9.17) is 28.5 Å². The molecule has 0 saturated carbocycles. The number of benzene rings is 2. The molecule has 0 fully saturated rings. The third kappa shape index (κ3) is 4.25. The van der Waals surface area contributed by atoms with E-state index < -0.39 is 0 Å². The number of hydrogen-bond acceptors (Lipinski definition) is 2. The van der Waals surface area contributed by atoms with Gasteiger partial charge in [-0.15, -0.1) is 0 Å². The van der Waals surface area contributed by atoms with Crippen molar-refractivity contribution in [2.24, 2.45) is 0 Å². The van der Waals surface area contributed by atoms with E-state index >= 15 is 0 Å². The van der Waals surface area contributed by atoms with Crippen LogP contribution in [0.1, 0.15) is 16.7 Å². The van der Waals surface area contributed by atoms with Gasteiger partial charge in [0.2, 0.25) is 0 Å². The van der Waals surface area contributed by atoms with Crippen LogP contribution in [0, 0.1) is 11.3 Å². The first-order chi connectivity index (χ1) is 9.69. The van der Waals surface area contributed by atoms with Crippen molar-refractivity contribution in [2.75, 3.05) is 6.54 Å². The second kappa shape index (κ2) is 7.31. The van der Waals surface area contributed by atoms with Crippen molar-refractivity contribution in [1.82, 2.24) is 5.32 Å². The molecular formula is C16H14Cl2N2. The minimum atomic E-state index is 0.583. The van der Waals surface area contributed by atoms with Crippen LogP contribution in [0.5, 0.6) is 0 Å². The van der Waals surface area contributed by atoms with Crippen molar-refractivity contribution in [2.45, 2.75) is 13.0 Å². The van der Waals surface area contributed by atoms with E-state index in [-0.39, 0.29) is 0 Å². The molecule has 0 bridgehead atoms. The zero-order valence-corrected chi connectivity index (χ0v) is 12.4. The van der Waals surface area contributed by atoms with Gasteiger partial charge in [0, 0.05) is 16.6 Å². The summed E-state index contributed by atoms with van der Waals surface area (Å²) >= 11 is 12.0. The molecule has 2 nitrogen and oxygen atoms in total. The largest absolute Gasteiger partial charge is 0.312 e. The van der Waals surface area contributed by atoms with Gasteiger partial charge in [-0.05, 0) is 48.4 Å². The van der Waals surface area contributed by atoms with Gasteiger partial charge in [-0.25, -0.2) is 0 Å². The van der Waals surface area contributed by atoms with E-state index in [0.29, 0.717) is 17.1 Å². The number of rotatable bonds is 5. The summed E-state index contributed by atoms with van der Waals surface area (Å²) < 4.78 is 0. The molecule has 0 aliphatic rings. The van der Waals surface area contributed by atoms with Gasteiger partial charge < -0.3 is 5.32 Å². The lowest BCUT2D eigenvalue weighted by molar-refractivity contribution is 0.687. The van der Waals surface area contributed by atoms with Crippen molar-refractivity contribution in [3.8, 4) is 6.07 Å². The summed E-state index contributed by atoms with van der Waals surface area (Å²) in [6, 6.07) is 15.3. The number of hydrogen-bond donors (Lipinski definition) is 1. The molecule has 0 aliphatic carbocycles. The van der Waals surface area contributed by atoms with Crippen molar-refractivity contribution in [3.05, 3.63) is 69.2 Å². The van der Waals surface area contributed by atoms with E-state index in [9.17, 15) is 0 Å². The molecular weight excluding hydrogens is 291 g/mol. The van der Waals surface area contributed by atoms with E-state index in [0.717, 1.165) is 23.6 Å². The molecule has 20 heavy (non-hydrogen) atoms. The highest BCUT2D eigenvalue weighted by Gasteiger charge is 2.01. The van der Waals surface area contributed by atoms with Gasteiger partial charge in [-0.3, -0.25) is 0 Å². The highest BCUT2D eigenvalue weighted by atomic mass is 35.5. The van der Waals surface area contributed by atoms with Gasteiger partial charge in [0.25, 0.3) is 0 Å². The minimum Gasteiger partial charge on any atom is -0.312 e. The van der Waals surface area contributed by atoms with Gasteiger partial charge in [0.1, 0.15) is 0 Å². The first-order valence-electron chi connectivity index (χ1n) is 6.33. The maximum absolute atomic E-state index is 8.78. The summed E-state index contributed by atoms with van der Waals surface area (Å²) in [5.41, 5.74) is 2.83. The molecule has 1 N–H and O–H groups in total. The SMILES string of the molecule is N#Cc1ccc(CNCCc2ccc(Cl)cc2)c(Cl)c1. The lowest BCUT2D eigenvalue weighted by atomic mass is 10.1. The van der Waals surface area contributed by atoms with Gasteiger partial charge in [0.15, 0.2) is 0 Å². The quantitative estimate of drug-likeness (QED) is 0.840. The van der Waals surface area contributed by atoms with Crippen LogP contribution in [-0.2, 0) is 13.0 Å². The number of nitrogens with zero attached hydrogens (tertiary/aromatic N) is 1. The lowest BCUT2D eigenvalue weighted by Gasteiger charge is -2.07. The van der Waals surface area contributed by atoms with Crippen LogP contribution in [0.3, 0.4) is 0 Å². The Bertz CT molecular complexity index is 615. The highest BCUT2D eigenvalue weighted by molar-refractivity contribution is 6.31. The number of halogens is 2. The van der Waals surface area contributed by atoms with E-state index in [1.165, 1.54) is 5.56 Å².